The molecule has 1 unspecified atom stereocenters. The van der Waals surface area contributed by atoms with Crippen molar-refractivity contribution in [1.29, 1.82) is 0 Å². The summed E-state index contributed by atoms with van der Waals surface area (Å²) in [4.78, 5) is 33.7. The van der Waals surface area contributed by atoms with E-state index in [0.29, 0.717) is 0 Å². The number of esters is 2. The molecule has 1 atom stereocenters. The molecule has 92 valence electrons. The maximum atomic E-state index is 11.7. The third-order valence-corrected chi connectivity index (χ3v) is 1.83. The zero-order valence-electron chi connectivity index (χ0n) is 10.3. The third kappa shape index (κ3) is 4.42. The van der Waals surface area contributed by atoms with E-state index in [1.807, 2.05) is 0 Å². The maximum Gasteiger partial charge on any atom is 0.418 e. The minimum Gasteiger partial charge on any atom is -0.458 e. The van der Waals surface area contributed by atoms with Gasteiger partial charge in [-0.3, -0.25) is 4.79 Å². The van der Waals surface area contributed by atoms with E-state index < -0.39 is 23.5 Å². The van der Waals surface area contributed by atoms with Crippen LogP contribution in [0, 0.1) is 5.41 Å². The Balaban J connectivity index is 4.36. The van der Waals surface area contributed by atoms with Gasteiger partial charge in [0.1, 0.15) is 0 Å². The fraction of sp³-hybridized carbons (Fsp3) is 0.727. The number of rotatable bonds is 3. The topological polar surface area (TPSA) is 69.7 Å². The molecule has 0 aliphatic carbocycles. The zero-order chi connectivity index (χ0) is 12.9. The van der Waals surface area contributed by atoms with E-state index in [-0.39, 0.29) is 12.4 Å². The molecule has 0 spiro atoms. The smallest absolute Gasteiger partial charge is 0.418 e. The molecular weight excluding hydrogens is 212 g/mol. The number of ketones is 1. The maximum absolute atomic E-state index is 11.7. The second-order valence-electron chi connectivity index (χ2n) is 4.38. The highest BCUT2D eigenvalue weighted by atomic mass is 16.6. The van der Waals surface area contributed by atoms with Gasteiger partial charge in [0.2, 0.25) is 0 Å². The van der Waals surface area contributed by atoms with Crippen LogP contribution in [0.25, 0.3) is 0 Å². The van der Waals surface area contributed by atoms with Crippen LogP contribution in [0.1, 0.15) is 34.6 Å². The summed E-state index contributed by atoms with van der Waals surface area (Å²) >= 11 is 0. The molecule has 0 N–H and O–H groups in total. The molecule has 0 aromatic carbocycles. The van der Waals surface area contributed by atoms with Crippen LogP contribution in [0.3, 0.4) is 0 Å². The van der Waals surface area contributed by atoms with Crippen LogP contribution >= 0.6 is 0 Å². The molecule has 0 rings (SSSR count). The highest BCUT2D eigenvalue weighted by Gasteiger charge is 2.31. The Hall–Kier alpha value is -1.39. The summed E-state index contributed by atoms with van der Waals surface area (Å²) in [6.07, 6.45) is -0.947. The molecule has 5 heteroatoms. The van der Waals surface area contributed by atoms with Crippen molar-refractivity contribution in [3.8, 4) is 0 Å². The van der Waals surface area contributed by atoms with E-state index in [1.165, 1.54) is 6.92 Å². The summed E-state index contributed by atoms with van der Waals surface area (Å²) in [6, 6.07) is 0. The van der Waals surface area contributed by atoms with Gasteiger partial charge in [0.15, 0.2) is 11.9 Å². The standard InChI is InChI=1S/C11H18O5/c1-6-15-9(13)10(14)16-7(2)8(12)11(3,4)5/h7H,6H2,1-5H3. The second kappa shape index (κ2) is 5.63. The van der Waals surface area contributed by atoms with Crippen LogP contribution in [0.2, 0.25) is 0 Å². The van der Waals surface area contributed by atoms with Crippen molar-refractivity contribution in [2.45, 2.75) is 40.7 Å². The van der Waals surface area contributed by atoms with Crippen LogP contribution in [-0.4, -0.2) is 30.4 Å². The fourth-order valence-corrected chi connectivity index (χ4v) is 1.06. The highest BCUT2D eigenvalue weighted by Crippen LogP contribution is 2.18. The molecule has 16 heavy (non-hydrogen) atoms. The van der Waals surface area contributed by atoms with E-state index in [2.05, 4.69) is 9.47 Å². The summed E-state index contributed by atoms with van der Waals surface area (Å²) in [5.41, 5.74) is -0.617. The van der Waals surface area contributed by atoms with Gasteiger partial charge < -0.3 is 9.47 Å². The summed E-state index contributed by atoms with van der Waals surface area (Å²) in [7, 11) is 0. The molecule has 0 saturated carbocycles. The first-order valence-corrected chi connectivity index (χ1v) is 5.12. The molecule has 0 saturated heterocycles. The lowest BCUT2D eigenvalue weighted by molar-refractivity contribution is -0.172. The Labute approximate surface area is 95.1 Å². The Kier molecular flexibility index (Phi) is 5.14. The van der Waals surface area contributed by atoms with Crippen molar-refractivity contribution in [2.24, 2.45) is 5.41 Å². The molecule has 0 amide bonds. The van der Waals surface area contributed by atoms with E-state index in [0.717, 1.165) is 0 Å². The van der Waals surface area contributed by atoms with Gasteiger partial charge >= 0.3 is 11.9 Å². The quantitative estimate of drug-likeness (QED) is 0.536. The van der Waals surface area contributed by atoms with Gasteiger partial charge in [-0.15, -0.1) is 0 Å². The van der Waals surface area contributed by atoms with Crippen molar-refractivity contribution in [2.75, 3.05) is 6.61 Å². The van der Waals surface area contributed by atoms with Crippen LogP contribution in [-0.2, 0) is 23.9 Å². The predicted octanol–water partition coefficient (Wildman–Crippen LogP) is 1.10. The van der Waals surface area contributed by atoms with Crippen LogP contribution in [0.15, 0.2) is 0 Å². The monoisotopic (exact) mass is 230 g/mol. The Morgan fingerprint density at radius 2 is 1.62 bits per heavy atom. The average molecular weight is 230 g/mol. The first kappa shape index (κ1) is 14.6. The number of hydrogen-bond acceptors (Lipinski definition) is 5. The van der Waals surface area contributed by atoms with E-state index >= 15 is 0 Å². The molecule has 0 radical (unpaired) electrons. The number of Topliss-reactive ketones (excluding diaryl/α,β-unsaturated/α-hetero) is 1. The van der Waals surface area contributed by atoms with Crippen LogP contribution in [0.5, 0.6) is 0 Å². The number of carbonyl (C=O) groups excluding carboxylic acids is 3. The van der Waals surface area contributed by atoms with Crippen molar-refractivity contribution >= 4 is 17.7 Å². The molecule has 0 aromatic rings. The predicted molar refractivity (Wildman–Crippen MR) is 56.6 cm³/mol. The van der Waals surface area contributed by atoms with E-state index in [1.54, 1.807) is 27.7 Å². The SMILES string of the molecule is CCOC(=O)C(=O)OC(C)C(=O)C(C)(C)C. The average Bonchev–Trinajstić information content (AvgIpc) is 2.15. The largest absolute Gasteiger partial charge is 0.458 e. The van der Waals surface area contributed by atoms with Gasteiger partial charge in [0.05, 0.1) is 6.61 Å². The molecule has 0 aromatic heterocycles. The lowest BCUT2D eigenvalue weighted by atomic mass is 9.88. The van der Waals surface area contributed by atoms with Crippen molar-refractivity contribution in [3.63, 3.8) is 0 Å². The van der Waals surface area contributed by atoms with Crippen LogP contribution < -0.4 is 0 Å². The minimum absolute atomic E-state index is 0.0928. The first-order valence-electron chi connectivity index (χ1n) is 5.12. The normalized spacial score (nSPS) is 12.8. The lowest BCUT2D eigenvalue weighted by Crippen LogP contribution is -2.36. The van der Waals surface area contributed by atoms with Gasteiger partial charge in [-0.2, -0.15) is 0 Å². The Bertz CT molecular complexity index is 287. The van der Waals surface area contributed by atoms with Gasteiger partial charge in [0.25, 0.3) is 0 Å². The molecular formula is C11H18O5. The number of hydrogen-bond donors (Lipinski definition) is 0. The highest BCUT2D eigenvalue weighted by molar-refractivity contribution is 6.30. The summed E-state index contributed by atoms with van der Waals surface area (Å²) in [5, 5.41) is 0. The fourth-order valence-electron chi connectivity index (χ4n) is 1.06. The Morgan fingerprint density at radius 3 is 2.00 bits per heavy atom. The van der Waals surface area contributed by atoms with Crippen molar-refractivity contribution in [1.82, 2.24) is 0 Å². The van der Waals surface area contributed by atoms with Gasteiger partial charge in [-0.25, -0.2) is 9.59 Å². The third-order valence-electron chi connectivity index (χ3n) is 1.83. The molecule has 0 fully saturated rings. The van der Waals surface area contributed by atoms with Crippen LogP contribution in [0.4, 0.5) is 0 Å². The Morgan fingerprint density at radius 1 is 1.12 bits per heavy atom. The summed E-state index contributed by atoms with van der Waals surface area (Å²) in [5.74, 6) is -2.45. The van der Waals surface area contributed by atoms with Crippen molar-refractivity contribution < 1.29 is 23.9 Å². The summed E-state index contributed by atoms with van der Waals surface area (Å²) < 4.78 is 9.14. The molecule has 5 nitrogen and oxygen atoms in total. The first-order chi connectivity index (χ1) is 7.20. The molecule has 0 aliphatic rings. The summed E-state index contributed by atoms with van der Waals surface area (Å²) in [6.45, 7) is 8.24. The van der Waals surface area contributed by atoms with Crippen molar-refractivity contribution in [3.05, 3.63) is 0 Å². The van der Waals surface area contributed by atoms with E-state index in [9.17, 15) is 14.4 Å². The number of ether oxygens (including phenoxy) is 2. The van der Waals surface area contributed by atoms with E-state index in [4.69, 9.17) is 0 Å². The van der Waals surface area contributed by atoms with Gasteiger partial charge in [-0.05, 0) is 13.8 Å². The molecule has 0 bridgehead atoms. The second-order valence-corrected chi connectivity index (χ2v) is 4.38. The van der Waals surface area contributed by atoms with Gasteiger partial charge in [0, 0.05) is 5.41 Å². The molecule has 0 aliphatic heterocycles. The minimum atomic E-state index is -1.13. The zero-order valence-corrected chi connectivity index (χ0v) is 10.3. The number of carbonyl (C=O) groups is 3. The lowest BCUT2D eigenvalue weighted by Gasteiger charge is -2.21. The van der Waals surface area contributed by atoms with Gasteiger partial charge in [-0.1, -0.05) is 20.8 Å². The molecule has 0 heterocycles.